The Morgan fingerprint density at radius 1 is 0.800 bits per heavy atom. The Kier molecular flexibility index (Phi) is 5.79. The fourth-order valence-electron chi connectivity index (χ4n) is 3.44. The molecule has 3 aromatic rings. The summed E-state index contributed by atoms with van der Waals surface area (Å²) in [6.07, 6.45) is 0. The van der Waals surface area contributed by atoms with Crippen LogP contribution in [0.3, 0.4) is 0 Å². The van der Waals surface area contributed by atoms with Gasteiger partial charge in [-0.15, -0.1) is 0 Å². The summed E-state index contributed by atoms with van der Waals surface area (Å²) >= 11 is 0. The van der Waals surface area contributed by atoms with Crippen molar-refractivity contribution in [2.45, 2.75) is 5.54 Å². The van der Waals surface area contributed by atoms with Crippen molar-refractivity contribution >= 4 is 19.4 Å². The van der Waals surface area contributed by atoms with E-state index in [0.29, 0.717) is 16.7 Å². The van der Waals surface area contributed by atoms with Crippen LogP contribution < -0.4 is 0 Å². The summed E-state index contributed by atoms with van der Waals surface area (Å²) in [5.74, 6) is -2.85. The smallest absolute Gasteiger partial charge is 0.322 e. The lowest BCUT2D eigenvalue weighted by Crippen LogP contribution is -2.28. The van der Waals surface area contributed by atoms with E-state index < -0.39 is 29.0 Å². The minimum absolute atomic E-state index is 0.0863. The van der Waals surface area contributed by atoms with Crippen LogP contribution in [-0.2, 0) is 10.3 Å². The first-order valence-electron chi connectivity index (χ1n) is 8.91. The first-order chi connectivity index (χ1) is 14.3. The Labute approximate surface area is 172 Å². The third kappa shape index (κ3) is 3.72. The highest BCUT2D eigenvalue weighted by Gasteiger charge is 2.47. The number of hydrogen-bond acceptors (Lipinski definition) is 1. The molecule has 0 saturated carbocycles. The second-order valence-electron chi connectivity index (χ2n) is 6.65. The average molecular weight is 405 g/mol. The molecular formula is C23H15BF3NO2. The van der Waals surface area contributed by atoms with Crippen molar-refractivity contribution in [2.24, 2.45) is 0 Å². The van der Waals surface area contributed by atoms with Gasteiger partial charge in [0.1, 0.15) is 25.3 Å². The number of rotatable bonds is 5. The maximum Gasteiger partial charge on any atom is 0.322 e. The number of benzene rings is 3. The lowest BCUT2D eigenvalue weighted by molar-refractivity contribution is -0.131. The predicted octanol–water partition coefficient (Wildman–Crippen LogP) is 4.40. The molecule has 0 spiro atoms. The number of carboxylic acids is 1. The highest BCUT2D eigenvalue weighted by atomic mass is 19.1. The van der Waals surface area contributed by atoms with Crippen molar-refractivity contribution in [3.63, 3.8) is 0 Å². The summed E-state index contributed by atoms with van der Waals surface area (Å²) in [5.41, 5.74) is -0.895. The molecule has 0 unspecified atom stereocenters. The molecule has 30 heavy (non-hydrogen) atoms. The van der Waals surface area contributed by atoms with Crippen LogP contribution in [0.2, 0.25) is 0 Å². The summed E-state index contributed by atoms with van der Waals surface area (Å²) in [6, 6.07) is 15.3. The molecule has 1 N–H and O–H groups in total. The summed E-state index contributed by atoms with van der Waals surface area (Å²) in [6.45, 7) is 8.08. The molecule has 148 valence electrons. The van der Waals surface area contributed by atoms with Crippen LogP contribution in [0.4, 0.5) is 13.2 Å². The van der Waals surface area contributed by atoms with Gasteiger partial charge in [-0.25, -0.2) is 24.5 Å². The predicted molar refractivity (Wildman–Crippen MR) is 110 cm³/mol. The Morgan fingerprint density at radius 3 is 1.50 bits per heavy atom. The lowest BCUT2D eigenvalue weighted by Gasteiger charge is -2.28. The van der Waals surface area contributed by atoms with Gasteiger partial charge in [0.05, 0.1) is 5.57 Å². The number of carbonyl (C=O) groups is 1. The molecule has 0 bridgehead atoms. The quantitative estimate of drug-likeness (QED) is 0.389. The lowest BCUT2D eigenvalue weighted by atomic mass is 9.69. The van der Waals surface area contributed by atoms with Crippen LogP contribution in [0.1, 0.15) is 16.7 Å². The maximum absolute atomic E-state index is 13.6. The molecule has 0 atom stereocenters. The van der Waals surface area contributed by atoms with Gasteiger partial charge in [-0.3, -0.25) is 4.85 Å². The minimum Gasteiger partial charge on any atom is -0.478 e. The molecular weight excluding hydrogens is 390 g/mol. The van der Waals surface area contributed by atoms with Crippen molar-refractivity contribution in [3.05, 3.63) is 124 Å². The second kappa shape index (κ2) is 8.30. The Hall–Kier alpha value is -3.79. The Bertz CT molecular complexity index is 1100. The first-order valence-corrected chi connectivity index (χ1v) is 8.91. The van der Waals surface area contributed by atoms with Crippen LogP contribution in [0.5, 0.6) is 0 Å². The summed E-state index contributed by atoms with van der Waals surface area (Å²) in [7, 11) is 1.34. The van der Waals surface area contributed by atoms with E-state index in [4.69, 9.17) is 6.57 Å². The Morgan fingerprint density at radius 2 is 1.17 bits per heavy atom. The van der Waals surface area contributed by atoms with Crippen LogP contribution in [-0.4, -0.2) is 18.9 Å². The zero-order chi connectivity index (χ0) is 21.9. The normalized spacial score (nSPS) is 12.1. The van der Waals surface area contributed by atoms with Crippen molar-refractivity contribution in [3.8, 4) is 0 Å². The number of carboxylic acid groups (broad SMARTS) is 1. The minimum atomic E-state index is -1.73. The van der Waals surface area contributed by atoms with Gasteiger partial charge >= 0.3 is 11.5 Å². The van der Waals surface area contributed by atoms with Crippen LogP contribution in [0.15, 0.2) is 78.3 Å². The van der Waals surface area contributed by atoms with Gasteiger partial charge in [0.25, 0.3) is 0 Å². The molecule has 0 aliphatic rings. The third-order valence-corrected chi connectivity index (χ3v) is 4.88. The van der Waals surface area contributed by atoms with E-state index in [-0.39, 0.29) is 11.0 Å². The zero-order valence-electron chi connectivity index (χ0n) is 15.9. The second-order valence-corrected chi connectivity index (χ2v) is 6.65. The monoisotopic (exact) mass is 405 g/mol. The van der Waals surface area contributed by atoms with Gasteiger partial charge in [-0.2, -0.15) is 0 Å². The largest absolute Gasteiger partial charge is 0.478 e. The van der Waals surface area contributed by atoms with E-state index in [9.17, 15) is 23.1 Å². The molecule has 0 saturated heterocycles. The van der Waals surface area contributed by atoms with Gasteiger partial charge in [-0.05, 0) is 66.2 Å². The highest BCUT2D eigenvalue weighted by molar-refractivity contribution is 6.39. The molecule has 3 nitrogen and oxygen atoms in total. The van der Waals surface area contributed by atoms with E-state index >= 15 is 0 Å². The molecule has 0 radical (unpaired) electrons. The highest BCUT2D eigenvalue weighted by Crippen LogP contribution is 2.47. The number of aliphatic carboxylic acids is 1. The molecule has 0 aliphatic heterocycles. The van der Waals surface area contributed by atoms with E-state index in [2.05, 4.69) is 4.85 Å². The van der Waals surface area contributed by atoms with Crippen LogP contribution in [0, 0.1) is 24.0 Å². The summed E-state index contributed by atoms with van der Waals surface area (Å²) in [5, 5.41) is 9.75. The average Bonchev–Trinajstić information content (AvgIpc) is 2.74. The third-order valence-electron chi connectivity index (χ3n) is 4.88. The van der Waals surface area contributed by atoms with Gasteiger partial charge in [-0.1, -0.05) is 12.1 Å². The van der Waals surface area contributed by atoms with Crippen LogP contribution in [0.25, 0.3) is 10.4 Å². The number of nitrogens with zero attached hydrogens (tertiary/aromatic N) is 1. The maximum atomic E-state index is 13.6. The van der Waals surface area contributed by atoms with Gasteiger partial charge in [0.15, 0.2) is 0 Å². The number of hydrogen-bond donors (Lipinski definition) is 1. The van der Waals surface area contributed by atoms with Crippen LogP contribution >= 0.6 is 0 Å². The standard InChI is InChI=1S/C23H15BF3NO2/c1-28-23(15-4-10-18(26)11-5-15,16-6-12-19(27)13-7-16)20(21(24)22(29)30)14-2-8-17(25)9-3-14/h2-13H,24H2,(H,29,30). The summed E-state index contributed by atoms with van der Waals surface area (Å²) in [4.78, 5) is 15.8. The van der Waals surface area contributed by atoms with Crippen molar-refractivity contribution in [2.75, 3.05) is 0 Å². The topological polar surface area (TPSA) is 41.7 Å². The van der Waals surface area contributed by atoms with Crippen molar-refractivity contribution in [1.29, 1.82) is 0 Å². The van der Waals surface area contributed by atoms with E-state index in [1.807, 2.05) is 0 Å². The molecule has 3 rings (SSSR count). The van der Waals surface area contributed by atoms with E-state index in [1.54, 1.807) is 0 Å². The first kappa shape index (κ1) is 20.9. The molecule has 3 aromatic carbocycles. The fraction of sp³-hybridized carbons (Fsp3) is 0.0435. The molecule has 0 aromatic heterocycles. The van der Waals surface area contributed by atoms with Gasteiger partial charge in [0, 0.05) is 16.6 Å². The number of halogens is 3. The fourth-order valence-corrected chi connectivity index (χ4v) is 3.44. The van der Waals surface area contributed by atoms with Gasteiger partial charge in [0.2, 0.25) is 0 Å². The molecule has 0 aliphatic carbocycles. The van der Waals surface area contributed by atoms with E-state index in [1.165, 1.54) is 44.2 Å². The summed E-state index contributed by atoms with van der Waals surface area (Å²) < 4.78 is 40.8. The zero-order valence-corrected chi connectivity index (χ0v) is 15.9. The molecule has 0 fully saturated rings. The Balaban J connectivity index is 2.47. The molecule has 0 amide bonds. The molecule has 0 heterocycles. The van der Waals surface area contributed by atoms with Crippen molar-refractivity contribution in [1.82, 2.24) is 0 Å². The van der Waals surface area contributed by atoms with Gasteiger partial charge < -0.3 is 5.11 Å². The SMILES string of the molecule is BC(C(=O)O)=C(c1ccc(F)cc1)C([N+]#[C-])(c1ccc(F)cc1)c1ccc(F)cc1. The van der Waals surface area contributed by atoms with Crippen molar-refractivity contribution < 1.29 is 23.1 Å². The van der Waals surface area contributed by atoms with E-state index in [0.717, 1.165) is 36.4 Å². The molecule has 7 heteroatoms.